The van der Waals surface area contributed by atoms with Gasteiger partial charge in [-0.3, -0.25) is 4.79 Å². The minimum absolute atomic E-state index is 0.121. The van der Waals surface area contributed by atoms with Crippen molar-refractivity contribution in [3.05, 3.63) is 24.2 Å². The van der Waals surface area contributed by atoms with Gasteiger partial charge < -0.3 is 24.9 Å². The first-order valence-corrected chi connectivity index (χ1v) is 9.63. The first kappa shape index (κ1) is 16.1. The summed E-state index contributed by atoms with van der Waals surface area (Å²) in [6, 6.07) is 2.16. The predicted octanol–water partition coefficient (Wildman–Crippen LogP) is 1.06. The Morgan fingerprint density at radius 3 is 3.00 bits per heavy atom. The van der Waals surface area contributed by atoms with Crippen LogP contribution in [-0.2, 0) is 0 Å². The molecular formula is C19H25N5O2. The highest BCUT2D eigenvalue weighted by atomic mass is 16.3. The minimum Gasteiger partial charge on any atom is -0.460 e. The molecule has 0 aliphatic carbocycles. The number of hydrogen-bond donors (Lipinski definition) is 2. The van der Waals surface area contributed by atoms with Crippen LogP contribution in [0.3, 0.4) is 0 Å². The smallest absolute Gasteiger partial charge is 0.274 e. The normalized spacial score (nSPS) is 28.5. The second-order valence-corrected chi connectivity index (χ2v) is 7.71. The largest absolute Gasteiger partial charge is 0.460 e. The van der Waals surface area contributed by atoms with Crippen molar-refractivity contribution in [1.29, 1.82) is 0 Å². The SMILES string of the molecule is O=C(N[C@@H]1C[C@H]2CCN(C2)C1)c1nccc2c(N3CCNCC3)coc12. The Morgan fingerprint density at radius 1 is 1.27 bits per heavy atom. The number of pyridine rings is 1. The molecule has 3 atom stereocenters. The number of fused-ring (bicyclic) bond motifs is 3. The molecule has 1 unspecified atom stereocenters. The standard InChI is InChI=1S/C19H25N5O2/c25-19(22-14-9-13-2-6-23(10-13)11-14)17-18-15(1-3-21-17)16(12-26-18)24-7-4-20-5-8-24/h1,3,12-14,20H,2,4-11H2,(H,22,25)/t13-,14-/m1/s1. The fourth-order valence-electron chi connectivity index (χ4n) is 4.68. The summed E-state index contributed by atoms with van der Waals surface area (Å²) in [6.45, 7) is 7.11. The molecule has 3 aliphatic rings. The topological polar surface area (TPSA) is 73.6 Å². The van der Waals surface area contributed by atoms with Crippen LogP contribution in [0.1, 0.15) is 23.3 Å². The van der Waals surface area contributed by atoms with Crippen molar-refractivity contribution in [3.8, 4) is 0 Å². The summed E-state index contributed by atoms with van der Waals surface area (Å²) < 4.78 is 5.80. The fourth-order valence-corrected chi connectivity index (χ4v) is 4.68. The highest BCUT2D eigenvalue weighted by molar-refractivity contribution is 6.06. The van der Waals surface area contributed by atoms with Crippen LogP contribution >= 0.6 is 0 Å². The number of amides is 1. The summed E-state index contributed by atoms with van der Waals surface area (Å²) in [4.78, 5) is 22.0. The molecule has 3 fully saturated rings. The average molecular weight is 355 g/mol. The molecule has 138 valence electrons. The zero-order valence-electron chi connectivity index (χ0n) is 14.9. The van der Waals surface area contributed by atoms with Gasteiger partial charge in [-0.2, -0.15) is 0 Å². The second-order valence-electron chi connectivity index (χ2n) is 7.71. The monoisotopic (exact) mass is 355 g/mol. The Kier molecular flexibility index (Phi) is 4.05. The number of carbonyl (C=O) groups excluding carboxylic acids is 1. The maximum Gasteiger partial charge on any atom is 0.274 e. The van der Waals surface area contributed by atoms with Crippen molar-refractivity contribution in [2.45, 2.75) is 18.9 Å². The van der Waals surface area contributed by atoms with Gasteiger partial charge in [0.25, 0.3) is 5.91 Å². The van der Waals surface area contributed by atoms with Crippen LogP contribution in [-0.4, -0.2) is 67.6 Å². The van der Waals surface area contributed by atoms with E-state index in [9.17, 15) is 4.79 Å². The number of carbonyl (C=O) groups is 1. The van der Waals surface area contributed by atoms with Crippen molar-refractivity contribution in [1.82, 2.24) is 20.5 Å². The Morgan fingerprint density at radius 2 is 2.15 bits per heavy atom. The molecule has 2 N–H and O–H groups in total. The van der Waals surface area contributed by atoms with E-state index in [4.69, 9.17) is 4.42 Å². The highest BCUT2D eigenvalue weighted by Crippen LogP contribution is 2.31. The van der Waals surface area contributed by atoms with E-state index in [1.807, 2.05) is 6.07 Å². The minimum atomic E-state index is -0.121. The zero-order valence-corrected chi connectivity index (χ0v) is 14.9. The summed E-state index contributed by atoms with van der Waals surface area (Å²) in [6.07, 6.45) is 5.81. The molecule has 5 rings (SSSR count). The number of hydrogen-bond acceptors (Lipinski definition) is 6. The van der Waals surface area contributed by atoms with E-state index in [2.05, 4.69) is 25.4 Å². The Labute approximate surface area is 152 Å². The zero-order chi connectivity index (χ0) is 17.5. The number of rotatable bonds is 3. The summed E-state index contributed by atoms with van der Waals surface area (Å²) in [5.74, 6) is 0.602. The van der Waals surface area contributed by atoms with Crippen molar-refractivity contribution < 1.29 is 9.21 Å². The van der Waals surface area contributed by atoms with Gasteiger partial charge in [-0.05, 0) is 31.4 Å². The average Bonchev–Trinajstić information content (AvgIpc) is 3.25. The molecule has 3 aliphatic heterocycles. The second kappa shape index (κ2) is 6.55. The van der Waals surface area contributed by atoms with Crippen LogP contribution in [0.2, 0.25) is 0 Å². The van der Waals surface area contributed by atoms with E-state index in [1.165, 1.54) is 13.0 Å². The Hall–Kier alpha value is -2.12. The van der Waals surface area contributed by atoms with Crippen molar-refractivity contribution >= 4 is 22.6 Å². The van der Waals surface area contributed by atoms with Crippen LogP contribution in [0.25, 0.3) is 11.0 Å². The van der Waals surface area contributed by atoms with Gasteiger partial charge >= 0.3 is 0 Å². The van der Waals surface area contributed by atoms with Gasteiger partial charge in [-0.15, -0.1) is 0 Å². The first-order valence-electron chi connectivity index (χ1n) is 9.63. The molecule has 3 saturated heterocycles. The van der Waals surface area contributed by atoms with E-state index in [0.717, 1.165) is 62.7 Å². The van der Waals surface area contributed by atoms with Crippen LogP contribution in [0.15, 0.2) is 22.9 Å². The molecule has 7 heteroatoms. The third-order valence-corrected chi connectivity index (χ3v) is 5.94. The summed E-state index contributed by atoms with van der Waals surface area (Å²) in [7, 11) is 0. The third-order valence-electron chi connectivity index (χ3n) is 5.94. The molecule has 26 heavy (non-hydrogen) atoms. The lowest BCUT2D eigenvalue weighted by molar-refractivity contribution is 0.0905. The molecular weight excluding hydrogens is 330 g/mol. The first-order chi connectivity index (χ1) is 12.8. The van der Waals surface area contributed by atoms with Crippen molar-refractivity contribution in [3.63, 3.8) is 0 Å². The number of anilines is 1. The molecule has 2 bridgehead atoms. The van der Waals surface area contributed by atoms with E-state index in [0.29, 0.717) is 11.3 Å². The van der Waals surface area contributed by atoms with Crippen LogP contribution < -0.4 is 15.5 Å². The molecule has 7 nitrogen and oxygen atoms in total. The molecule has 2 aromatic rings. The quantitative estimate of drug-likeness (QED) is 0.858. The van der Waals surface area contributed by atoms with Gasteiger partial charge in [0.2, 0.25) is 0 Å². The molecule has 0 saturated carbocycles. The van der Waals surface area contributed by atoms with Gasteiger partial charge in [0.05, 0.1) is 5.69 Å². The van der Waals surface area contributed by atoms with Crippen molar-refractivity contribution in [2.24, 2.45) is 5.92 Å². The maximum absolute atomic E-state index is 12.9. The van der Waals surface area contributed by atoms with Gasteiger partial charge in [-0.1, -0.05) is 0 Å². The maximum atomic E-state index is 12.9. The number of nitrogens with one attached hydrogen (secondary N) is 2. The molecule has 5 heterocycles. The van der Waals surface area contributed by atoms with Gasteiger partial charge in [0, 0.05) is 56.9 Å². The lowest BCUT2D eigenvalue weighted by Gasteiger charge is -2.30. The Bertz CT molecular complexity index is 801. The lowest BCUT2D eigenvalue weighted by Crippen LogP contribution is -2.47. The summed E-state index contributed by atoms with van der Waals surface area (Å²) >= 11 is 0. The third kappa shape index (κ3) is 2.85. The van der Waals surface area contributed by atoms with E-state index >= 15 is 0 Å². The highest BCUT2D eigenvalue weighted by Gasteiger charge is 2.33. The molecule has 0 spiro atoms. The number of furan rings is 1. The van der Waals surface area contributed by atoms with Crippen LogP contribution in [0.4, 0.5) is 5.69 Å². The summed E-state index contributed by atoms with van der Waals surface area (Å²) in [5.41, 5.74) is 2.05. The lowest BCUT2D eigenvalue weighted by atomic mass is 9.97. The van der Waals surface area contributed by atoms with E-state index < -0.39 is 0 Å². The fraction of sp³-hybridized carbons (Fsp3) is 0.579. The van der Waals surface area contributed by atoms with Gasteiger partial charge in [0.15, 0.2) is 11.3 Å². The molecule has 1 amide bonds. The Balaban J connectivity index is 1.38. The number of aromatic nitrogens is 1. The van der Waals surface area contributed by atoms with Crippen molar-refractivity contribution in [2.75, 3.05) is 50.7 Å². The number of piperidine rings is 1. The molecule has 2 aromatic heterocycles. The molecule has 0 radical (unpaired) electrons. The number of nitrogens with zero attached hydrogens (tertiary/aromatic N) is 3. The number of piperazine rings is 1. The van der Waals surface area contributed by atoms with Gasteiger partial charge in [0.1, 0.15) is 6.26 Å². The molecule has 0 aromatic carbocycles. The van der Waals surface area contributed by atoms with Crippen LogP contribution in [0.5, 0.6) is 0 Å². The van der Waals surface area contributed by atoms with Crippen LogP contribution in [0, 0.1) is 5.92 Å². The van der Waals surface area contributed by atoms with Gasteiger partial charge in [-0.25, -0.2) is 4.98 Å². The summed E-state index contributed by atoms with van der Waals surface area (Å²) in [5, 5.41) is 7.52. The van der Waals surface area contributed by atoms with E-state index in [-0.39, 0.29) is 11.9 Å². The predicted molar refractivity (Wildman–Crippen MR) is 99.5 cm³/mol. The van der Waals surface area contributed by atoms with E-state index in [1.54, 1.807) is 12.5 Å².